The Hall–Kier alpha value is -3.58. The van der Waals surface area contributed by atoms with Gasteiger partial charge < -0.3 is 4.74 Å². The summed E-state index contributed by atoms with van der Waals surface area (Å²) in [4.78, 5) is 27.9. The number of anilines is 1. The summed E-state index contributed by atoms with van der Waals surface area (Å²) in [5, 5.41) is 5.19. The molecule has 1 fully saturated rings. The molecule has 0 radical (unpaired) electrons. The number of hydrogen-bond donors (Lipinski definition) is 1. The third-order valence-electron chi connectivity index (χ3n) is 7.54. The van der Waals surface area contributed by atoms with Crippen molar-refractivity contribution in [1.29, 1.82) is 0 Å². The van der Waals surface area contributed by atoms with Gasteiger partial charge in [0, 0.05) is 6.54 Å². The van der Waals surface area contributed by atoms with Gasteiger partial charge in [-0.1, -0.05) is 18.2 Å². The summed E-state index contributed by atoms with van der Waals surface area (Å²) in [7, 11) is -6.66. The van der Waals surface area contributed by atoms with Crippen LogP contribution in [0.1, 0.15) is 34.2 Å². The molecule has 41 heavy (non-hydrogen) atoms. The van der Waals surface area contributed by atoms with Crippen molar-refractivity contribution in [1.82, 2.24) is 4.31 Å². The van der Waals surface area contributed by atoms with Crippen LogP contribution in [0, 0.1) is 27.7 Å². The van der Waals surface area contributed by atoms with E-state index in [2.05, 4.69) is 0 Å². The lowest BCUT2D eigenvalue weighted by atomic mass is 10.0. The number of aryl methyl sites for hydroxylation is 2. The zero-order valence-corrected chi connectivity index (χ0v) is 25.2. The van der Waals surface area contributed by atoms with Crippen LogP contribution >= 0.6 is 0 Å². The molecular weight excluding hydrogens is 566 g/mol. The van der Waals surface area contributed by atoms with E-state index in [1.807, 2.05) is 19.9 Å². The quantitative estimate of drug-likeness (QED) is 0.372. The number of primary sulfonamides is 1. The maximum Gasteiger partial charge on any atom is 0.252 e. The first kappa shape index (κ1) is 30.4. The van der Waals surface area contributed by atoms with E-state index in [0.29, 0.717) is 28.1 Å². The summed E-state index contributed by atoms with van der Waals surface area (Å²) in [5.41, 5.74) is 3.67. The molecular formula is C29H33N3O7S2. The molecule has 3 aromatic rings. The first-order valence-electron chi connectivity index (χ1n) is 12.9. The molecule has 0 bridgehead atoms. The second-order valence-electron chi connectivity index (χ2n) is 10.1. The maximum absolute atomic E-state index is 14.4. The second kappa shape index (κ2) is 11.4. The fourth-order valence-corrected chi connectivity index (χ4v) is 7.73. The van der Waals surface area contributed by atoms with Crippen LogP contribution in [0.25, 0.3) is 0 Å². The number of rotatable bonds is 9. The van der Waals surface area contributed by atoms with E-state index < -0.39 is 37.9 Å². The molecule has 218 valence electrons. The van der Waals surface area contributed by atoms with Gasteiger partial charge in [-0.05, 0) is 98.3 Å². The summed E-state index contributed by atoms with van der Waals surface area (Å²) in [5.74, 6) is -0.618. The molecule has 2 amide bonds. The molecule has 1 saturated heterocycles. The van der Waals surface area contributed by atoms with E-state index >= 15 is 0 Å². The highest BCUT2D eigenvalue weighted by atomic mass is 32.2. The molecule has 3 aromatic carbocycles. The van der Waals surface area contributed by atoms with Crippen molar-refractivity contribution in [2.75, 3.05) is 18.6 Å². The minimum atomic E-state index is -4.27. The smallest absolute Gasteiger partial charge is 0.252 e. The van der Waals surface area contributed by atoms with Crippen LogP contribution in [0.4, 0.5) is 5.69 Å². The largest absolute Gasteiger partial charge is 0.497 e. The highest BCUT2D eigenvalue weighted by molar-refractivity contribution is 7.89. The van der Waals surface area contributed by atoms with Crippen molar-refractivity contribution in [3.63, 3.8) is 0 Å². The maximum atomic E-state index is 14.4. The molecule has 4 rings (SSSR count). The molecule has 2 N–H and O–H groups in total. The second-order valence-corrected chi connectivity index (χ2v) is 13.5. The number of carbonyl (C=O) groups is 2. The van der Waals surface area contributed by atoms with E-state index in [1.54, 1.807) is 50.2 Å². The van der Waals surface area contributed by atoms with Gasteiger partial charge in [0.15, 0.2) is 0 Å². The third-order valence-corrected chi connectivity index (χ3v) is 10.6. The number of imide groups is 1. The lowest BCUT2D eigenvalue weighted by molar-refractivity contribution is -0.122. The van der Waals surface area contributed by atoms with E-state index in [9.17, 15) is 26.4 Å². The normalized spacial score (nSPS) is 16.1. The van der Waals surface area contributed by atoms with Gasteiger partial charge in [-0.3, -0.25) is 9.59 Å². The molecule has 10 nitrogen and oxygen atoms in total. The van der Waals surface area contributed by atoms with Gasteiger partial charge in [0.2, 0.25) is 26.0 Å². The number of hydrogen-bond acceptors (Lipinski definition) is 7. The zero-order valence-electron chi connectivity index (χ0n) is 23.5. The Morgan fingerprint density at radius 1 is 0.902 bits per heavy atom. The van der Waals surface area contributed by atoms with Crippen molar-refractivity contribution in [3.05, 3.63) is 82.4 Å². The predicted octanol–water partition coefficient (Wildman–Crippen LogP) is 3.14. The van der Waals surface area contributed by atoms with Crippen LogP contribution in [-0.2, 0) is 36.1 Å². The van der Waals surface area contributed by atoms with Crippen molar-refractivity contribution in [2.45, 2.75) is 56.4 Å². The van der Waals surface area contributed by atoms with Crippen molar-refractivity contribution in [2.24, 2.45) is 5.14 Å². The molecule has 1 unspecified atom stereocenters. The molecule has 0 spiro atoms. The summed E-state index contributed by atoms with van der Waals surface area (Å²) < 4.78 is 58.3. The molecule has 1 aliphatic rings. The third kappa shape index (κ3) is 5.91. The first-order chi connectivity index (χ1) is 19.2. The van der Waals surface area contributed by atoms with Crippen molar-refractivity contribution < 1.29 is 31.2 Å². The van der Waals surface area contributed by atoms with E-state index in [4.69, 9.17) is 9.88 Å². The molecule has 0 aliphatic carbocycles. The standard InChI is InChI=1S/C29H33N3O7S2/c1-18-16-19(2)21(4)28(20(18)3)41(37,38)31(15-14-22-6-12-25(13-7-22)40(30,35)36)26-17-27(33)32(29(26)34)23-8-10-24(39-5)11-9-23/h6-13,16,26H,14-15,17H2,1-5H3,(H2,30,35,36). The Labute approximate surface area is 240 Å². The first-order valence-corrected chi connectivity index (χ1v) is 15.9. The van der Waals surface area contributed by atoms with E-state index in [0.717, 1.165) is 20.3 Å². The fourth-order valence-electron chi connectivity index (χ4n) is 5.06. The van der Waals surface area contributed by atoms with Gasteiger partial charge >= 0.3 is 0 Å². The summed E-state index contributed by atoms with van der Waals surface area (Å²) >= 11 is 0. The Kier molecular flexibility index (Phi) is 8.42. The van der Waals surface area contributed by atoms with Crippen LogP contribution in [-0.4, -0.2) is 52.7 Å². The Morgan fingerprint density at radius 3 is 1.98 bits per heavy atom. The zero-order chi connectivity index (χ0) is 30.3. The van der Waals surface area contributed by atoms with Gasteiger partial charge in [-0.2, -0.15) is 4.31 Å². The number of ether oxygens (including phenoxy) is 1. The summed E-state index contributed by atoms with van der Waals surface area (Å²) in [6.07, 6.45) is -0.162. The summed E-state index contributed by atoms with van der Waals surface area (Å²) in [6, 6.07) is 12.8. The fraction of sp³-hybridized carbons (Fsp3) is 0.310. The highest BCUT2D eigenvalue weighted by Gasteiger charge is 2.47. The van der Waals surface area contributed by atoms with Crippen LogP contribution in [0.2, 0.25) is 0 Å². The van der Waals surface area contributed by atoms with Gasteiger partial charge in [0.25, 0.3) is 5.91 Å². The molecule has 1 aliphatic heterocycles. The van der Waals surface area contributed by atoms with Crippen LogP contribution in [0.5, 0.6) is 5.75 Å². The number of nitrogens with zero attached hydrogens (tertiary/aromatic N) is 2. The van der Waals surface area contributed by atoms with Crippen LogP contribution in [0.3, 0.4) is 0 Å². The molecule has 0 saturated carbocycles. The Morgan fingerprint density at radius 2 is 1.46 bits per heavy atom. The Balaban J connectivity index is 1.76. The molecule has 1 atom stereocenters. The monoisotopic (exact) mass is 599 g/mol. The lowest BCUT2D eigenvalue weighted by Gasteiger charge is -2.29. The van der Waals surface area contributed by atoms with Crippen molar-refractivity contribution >= 4 is 37.5 Å². The number of sulfonamides is 2. The highest BCUT2D eigenvalue weighted by Crippen LogP contribution is 2.34. The minimum absolute atomic E-state index is 0.0705. The molecule has 12 heteroatoms. The number of methoxy groups -OCH3 is 1. The number of amides is 2. The van der Waals surface area contributed by atoms with E-state index in [-0.39, 0.29) is 29.2 Å². The minimum Gasteiger partial charge on any atom is -0.497 e. The Bertz CT molecular complexity index is 1690. The number of benzene rings is 3. The van der Waals surface area contributed by atoms with Gasteiger partial charge in [0.1, 0.15) is 11.8 Å². The summed E-state index contributed by atoms with van der Waals surface area (Å²) in [6.45, 7) is 6.99. The topological polar surface area (TPSA) is 144 Å². The van der Waals surface area contributed by atoms with Crippen molar-refractivity contribution in [3.8, 4) is 5.75 Å². The van der Waals surface area contributed by atoms with Crippen LogP contribution in [0.15, 0.2) is 64.4 Å². The lowest BCUT2D eigenvalue weighted by Crippen LogP contribution is -2.46. The average Bonchev–Trinajstić information content (AvgIpc) is 3.20. The van der Waals surface area contributed by atoms with Gasteiger partial charge in [-0.15, -0.1) is 0 Å². The number of nitrogens with two attached hydrogens (primary N) is 1. The van der Waals surface area contributed by atoms with Gasteiger partial charge in [-0.25, -0.2) is 26.9 Å². The number of carbonyl (C=O) groups excluding carboxylic acids is 2. The average molecular weight is 600 g/mol. The van der Waals surface area contributed by atoms with Crippen LogP contribution < -0.4 is 14.8 Å². The molecule has 0 aromatic heterocycles. The SMILES string of the molecule is COc1ccc(N2C(=O)CC(N(CCc3ccc(S(N)(=O)=O)cc3)S(=O)(=O)c3c(C)c(C)cc(C)c3C)C2=O)cc1. The van der Waals surface area contributed by atoms with Gasteiger partial charge in [0.05, 0.1) is 29.0 Å². The predicted molar refractivity (Wildman–Crippen MR) is 155 cm³/mol. The molecule has 1 heterocycles. The van der Waals surface area contributed by atoms with E-state index in [1.165, 1.54) is 19.2 Å².